The molecule has 2 atom stereocenters. The summed E-state index contributed by atoms with van der Waals surface area (Å²) in [5.41, 5.74) is 6.21. The van der Waals surface area contributed by atoms with E-state index < -0.39 is 0 Å². The number of carbonyl (C=O) groups is 1. The van der Waals surface area contributed by atoms with Crippen LogP contribution in [-0.4, -0.2) is 37.2 Å². The monoisotopic (exact) mass is 212 g/mol. The van der Waals surface area contributed by atoms with Crippen LogP contribution in [0.25, 0.3) is 0 Å². The SMILES string of the molecule is COC(=O)N1CCC(C(N)C2CCC2)C1. The van der Waals surface area contributed by atoms with Gasteiger partial charge in [0.15, 0.2) is 0 Å². The molecule has 1 saturated carbocycles. The molecule has 1 heterocycles. The second kappa shape index (κ2) is 4.39. The fraction of sp³-hybridized carbons (Fsp3) is 0.909. The van der Waals surface area contributed by atoms with Crippen LogP contribution in [0.3, 0.4) is 0 Å². The maximum absolute atomic E-state index is 11.3. The van der Waals surface area contributed by atoms with E-state index in [9.17, 15) is 4.79 Å². The van der Waals surface area contributed by atoms with Gasteiger partial charge in [0, 0.05) is 19.1 Å². The summed E-state index contributed by atoms with van der Waals surface area (Å²) in [6, 6.07) is 0.286. The van der Waals surface area contributed by atoms with E-state index in [1.807, 2.05) is 0 Å². The van der Waals surface area contributed by atoms with E-state index in [1.165, 1.54) is 26.4 Å². The Morgan fingerprint density at radius 2 is 2.13 bits per heavy atom. The molecule has 0 bridgehead atoms. The van der Waals surface area contributed by atoms with Crippen molar-refractivity contribution in [3.05, 3.63) is 0 Å². The largest absolute Gasteiger partial charge is 0.453 e. The van der Waals surface area contributed by atoms with Crippen molar-refractivity contribution in [1.29, 1.82) is 0 Å². The molecule has 4 nitrogen and oxygen atoms in total. The summed E-state index contributed by atoms with van der Waals surface area (Å²) in [5, 5.41) is 0. The Bertz CT molecular complexity index is 241. The summed E-state index contributed by atoms with van der Waals surface area (Å²) in [4.78, 5) is 13.1. The summed E-state index contributed by atoms with van der Waals surface area (Å²) >= 11 is 0. The van der Waals surface area contributed by atoms with Gasteiger partial charge < -0.3 is 15.4 Å². The zero-order valence-corrected chi connectivity index (χ0v) is 9.32. The first-order chi connectivity index (χ1) is 7.22. The van der Waals surface area contributed by atoms with Crippen molar-refractivity contribution in [1.82, 2.24) is 4.90 Å². The molecule has 2 N–H and O–H groups in total. The number of methoxy groups -OCH3 is 1. The third-order valence-corrected chi connectivity index (χ3v) is 3.90. The van der Waals surface area contributed by atoms with Crippen LogP contribution in [0.1, 0.15) is 25.7 Å². The minimum Gasteiger partial charge on any atom is -0.453 e. The van der Waals surface area contributed by atoms with Crippen LogP contribution >= 0.6 is 0 Å². The number of hydrogen-bond donors (Lipinski definition) is 1. The zero-order chi connectivity index (χ0) is 10.8. The summed E-state index contributed by atoms with van der Waals surface area (Å²) < 4.78 is 4.71. The predicted octanol–water partition coefficient (Wildman–Crippen LogP) is 1.20. The highest BCUT2D eigenvalue weighted by atomic mass is 16.5. The lowest BCUT2D eigenvalue weighted by atomic mass is 9.75. The van der Waals surface area contributed by atoms with Gasteiger partial charge in [-0.3, -0.25) is 0 Å². The van der Waals surface area contributed by atoms with Gasteiger partial charge in [-0.2, -0.15) is 0 Å². The Morgan fingerprint density at radius 1 is 1.40 bits per heavy atom. The van der Waals surface area contributed by atoms with Crippen molar-refractivity contribution >= 4 is 6.09 Å². The Morgan fingerprint density at radius 3 is 2.67 bits per heavy atom. The minimum absolute atomic E-state index is 0.210. The number of ether oxygens (including phenoxy) is 1. The lowest BCUT2D eigenvalue weighted by Gasteiger charge is -2.34. The maximum atomic E-state index is 11.3. The van der Waals surface area contributed by atoms with E-state index >= 15 is 0 Å². The van der Waals surface area contributed by atoms with E-state index in [2.05, 4.69) is 0 Å². The van der Waals surface area contributed by atoms with Crippen molar-refractivity contribution in [3.8, 4) is 0 Å². The molecular weight excluding hydrogens is 192 g/mol. The van der Waals surface area contributed by atoms with Gasteiger partial charge in [0.2, 0.25) is 0 Å². The molecule has 2 fully saturated rings. The van der Waals surface area contributed by atoms with Gasteiger partial charge >= 0.3 is 6.09 Å². The molecule has 15 heavy (non-hydrogen) atoms. The smallest absolute Gasteiger partial charge is 0.409 e. The number of likely N-dealkylation sites (tertiary alicyclic amines) is 1. The first kappa shape index (κ1) is 10.7. The molecule has 0 aromatic rings. The second-order valence-electron chi connectivity index (χ2n) is 4.73. The fourth-order valence-corrected chi connectivity index (χ4v) is 2.61. The number of hydrogen-bond acceptors (Lipinski definition) is 3. The molecule has 1 aliphatic heterocycles. The van der Waals surface area contributed by atoms with Gasteiger partial charge in [-0.1, -0.05) is 6.42 Å². The molecule has 2 unspecified atom stereocenters. The quantitative estimate of drug-likeness (QED) is 0.748. The summed E-state index contributed by atoms with van der Waals surface area (Å²) in [7, 11) is 1.43. The van der Waals surface area contributed by atoms with Gasteiger partial charge in [0.25, 0.3) is 0 Å². The van der Waals surface area contributed by atoms with Crippen molar-refractivity contribution in [3.63, 3.8) is 0 Å². The molecule has 1 aliphatic carbocycles. The van der Waals surface area contributed by atoms with Crippen LogP contribution < -0.4 is 5.73 Å². The number of nitrogens with zero attached hydrogens (tertiary/aromatic N) is 1. The fourth-order valence-electron chi connectivity index (χ4n) is 2.61. The molecular formula is C11H20N2O2. The van der Waals surface area contributed by atoms with Crippen LogP contribution in [0.2, 0.25) is 0 Å². The predicted molar refractivity (Wildman–Crippen MR) is 57.4 cm³/mol. The van der Waals surface area contributed by atoms with Crippen LogP contribution in [-0.2, 0) is 4.74 Å². The Hall–Kier alpha value is -0.770. The average Bonchev–Trinajstić information content (AvgIpc) is 2.62. The Kier molecular flexibility index (Phi) is 3.14. The summed E-state index contributed by atoms with van der Waals surface area (Å²) in [5.74, 6) is 1.18. The number of amides is 1. The standard InChI is InChI=1S/C11H20N2O2/c1-15-11(14)13-6-5-9(7-13)10(12)8-3-2-4-8/h8-10H,2-7,12H2,1H3. The normalized spacial score (nSPS) is 28.7. The van der Waals surface area contributed by atoms with Crippen molar-refractivity contribution < 1.29 is 9.53 Å². The molecule has 0 aromatic carbocycles. The topological polar surface area (TPSA) is 55.6 Å². The van der Waals surface area contributed by atoms with Gasteiger partial charge in [-0.25, -0.2) is 4.79 Å². The van der Waals surface area contributed by atoms with Crippen molar-refractivity contribution in [2.45, 2.75) is 31.7 Å². The highest BCUT2D eigenvalue weighted by Crippen LogP contribution is 2.34. The van der Waals surface area contributed by atoms with Crippen LogP contribution in [0.4, 0.5) is 4.79 Å². The highest BCUT2D eigenvalue weighted by molar-refractivity contribution is 5.67. The molecule has 0 spiro atoms. The number of carbonyl (C=O) groups excluding carboxylic acids is 1. The lowest BCUT2D eigenvalue weighted by molar-refractivity contribution is 0.128. The summed E-state index contributed by atoms with van der Waals surface area (Å²) in [6.07, 6.45) is 4.70. The minimum atomic E-state index is -0.210. The second-order valence-corrected chi connectivity index (χ2v) is 4.73. The van der Waals surface area contributed by atoms with Gasteiger partial charge in [0.1, 0.15) is 0 Å². The third kappa shape index (κ3) is 2.09. The summed E-state index contributed by atoms with van der Waals surface area (Å²) in [6.45, 7) is 1.59. The van der Waals surface area contributed by atoms with Crippen LogP contribution in [0, 0.1) is 11.8 Å². The van der Waals surface area contributed by atoms with Gasteiger partial charge in [-0.15, -0.1) is 0 Å². The molecule has 0 radical (unpaired) electrons. The Labute approximate surface area is 90.8 Å². The molecule has 86 valence electrons. The average molecular weight is 212 g/mol. The molecule has 1 amide bonds. The van der Waals surface area contributed by atoms with Gasteiger partial charge in [0.05, 0.1) is 7.11 Å². The van der Waals surface area contributed by atoms with E-state index in [4.69, 9.17) is 10.5 Å². The van der Waals surface area contributed by atoms with E-state index in [-0.39, 0.29) is 12.1 Å². The maximum Gasteiger partial charge on any atom is 0.409 e. The zero-order valence-electron chi connectivity index (χ0n) is 9.32. The van der Waals surface area contributed by atoms with Crippen molar-refractivity contribution in [2.75, 3.05) is 20.2 Å². The first-order valence-electron chi connectivity index (χ1n) is 5.81. The molecule has 2 aliphatic rings. The van der Waals surface area contributed by atoms with Crippen molar-refractivity contribution in [2.24, 2.45) is 17.6 Å². The van der Waals surface area contributed by atoms with E-state index in [1.54, 1.807) is 4.90 Å². The molecule has 4 heteroatoms. The van der Waals surface area contributed by atoms with Crippen LogP contribution in [0.15, 0.2) is 0 Å². The third-order valence-electron chi connectivity index (χ3n) is 3.90. The van der Waals surface area contributed by atoms with Crippen LogP contribution in [0.5, 0.6) is 0 Å². The van der Waals surface area contributed by atoms with E-state index in [0.29, 0.717) is 11.8 Å². The highest BCUT2D eigenvalue weighted by Gasteiger charge is 2.36. The molecule has 0 aromatic heterocycles. The first-order valence-corrected chi connectivity index (χ1v) is 5.81. The molecule has 1 saturated heterocycles. The Balaban J connectivity index is 1.83. The number of rotatable bonds is 2. The lowest BCUT2D eigenvalue weighted by Crippen LogP contribution is -2.42. The van der Waals surface area contributed by atoms with Gasteiger partial charge in [-0.05, 0) is 31.1 Å². The van der Waals surface area contributed by atoms with E-state index in [0.717, 1.165) is 19.5 Å². The molecule has 2 rings (SSSR count). The number of nitrogens with two attached hydrogens (primary N) is 1.